The van der Waals surface area contributed by atoms with E-state index in [1.165, 1.54) is 19.2 Å². The molecule has 5 heteroatoms. The minimum Gasteiger partial charge on any atom is -0.399 e. The maximum Gasteiger partial charge on any atom is 0.269 e. The fraction of sp³-hybridized carbons (Fsp3) is 0.0625. The van der Waals surface area contributed by atoms with Crippen molar-refractivity contribution in [2.24, 2.45) is 5.16 Å². The van der Waals surface area contributed by atoms with E-state index < -0.39 is 4.92 Å². The number of hydrogen-bond donors (Lipinski definition) is 0. The van der Waals surface area contributed by atoms with Crippen LogP contribution in [0.1, 0.15) is 11.1 Å². The molecule has 0 spiro atoms. The molecule has 2 aromatic carbocycles. The molecule has 0 amide bonds. The molecule has 0 aliphatic heterocycles. The van der Waals surface area contributed by atoms with E-state index in [0.29, 0.717) is 5.71 Å². The first kappa shape index (κ1) is 14.5. The van der Waals surface area contributed by atoms with E-state index in [1.54, 1.807) is 18.2 Å². The summed E-state index contributed by atoms with van der Waals surface area (Å²) in [6.07, 6.45) is 3.63. The van der Waals surface area contributed by atoms with Crippen LogP contribution in [-0.4, -0.2) is 17.7 Å². The minimum absolute atomic E-state index is 0.0704. The normalized spacial score (nSPS) is 11.6. The number of nitrogens with zero attached hydrogens (tertiary/aromatic N) is 2. The van der Waals surface area contributed by atoms with Crippen molar-refractivity contribution >= 4 is 17.5 Å². The Balaban J connectivity index is 2.21. The molecule has 0 unspecified atom stereocenters. The largest absolute Gasteiger partial charge is 0.399 e. The van der Waals surface area contributed by atoms with E-state index in [-0.39, 0.29) is 5.69 Å². The number of oxime groups is 1. The van der Waals surface area contributed by atoms with Crippen molar-refractivity contribution in [1.29, 1.82) is 0 Å². The zero-order valence-corrected chi connectivity index (χ0v) is 11.5. The second-order valence-electron chi connectivity index (χ2n) is 4.21. The van der Waals surface area contributed by atoms with Crippen molar-refractivity contribution in [2.75, 3.05) is 7.11 Å². The van der Waals surface area contributed by atoms with Crippen molar-refractivity contribution in [3.8, 4) is 0 Å². The van der Waals surface area contributed by atoms with Crippen LogP contribution in [0.25, 0.3) is 6.08 Å². The number of nitro groups is 1. The van der Waals surface area contributed by atoms with Gasteiger partial charge < -0.3 is 4.84 Å². The summed E-state index contributed by atoms with van der Waals surface area (Å²) >= 11 is 0. The highest BCUT2D eigenvalue weighted by Crippen LogP contribution is 2.13. The number of allylic oxidation sites excluding steroid dienone is 1. The molecule has 5 nitrogen and oxygen atoms in total. The highest BCUT2D eigenvalue weighted by Gasteiger charge is 2.03. The maximum absolute atomic E-state index is 10.6. The SMILES string of the molecule is CO/N=C(\C=C\c1ccc([N+](=O)[O-])cc1)c1ccccc1. The van der Waals surface area contributed by atoms with Gasteiger partial charge in [-0.1, -0.05) is 41.6 Å². The fourth-order valence-corrected chi connectivity index (χ4v) is 1.77. The number of hydrogen-bond acceptors (Lipinski definition) is 4. The van der Waals surface area contributed by atoms with E-state index in [9.17, 15) is 10.1 Å². The molecule has 0 heterocycles. The predicted octanol–water partition coefficient (Wildman–Crippen LogP) is 3.66. The average molecular weight is 282 g/mol. The Morgan fingerprint density at radius 3 is 2.38 bits per heavy atom. The minimum atomic E-state index is -0.421. The van der Waals surface area contributed by atoms with E-state index in [1.807, 2.05) is 36.4 Å². The number of non-ortho nitro benzene ring substituents is 1. The van der Waals surface area contributed by atoms with Crippen LogP contribution >= 0.6 is 0 Å². The van der Waals surface area contributed by atoms with Crippen molar-refractivity contribution < 1.29 is 9.76 Å². The molecule has 0 atom stereocenters. The lowest BCUT2D eigenvalue weighted by Gasteiger charge is -2.00. The fourth-order valence-electron chi connectivity index (χ4n) is 1.77. The molecule has 0 fully saturated rings. The van der Waals surface area contributed by atoms with Crippen LogP contribution in [0.5, 0.6) is 0 Å². The first-order valence-electron chi connectivity index (χ1n) is 6.30. The van der Waals surface area contributed by atoms with Gasteiger partial charge in [0, 0.05) is 17.7 Å². The summed E-state index contributed by atoms with van der Waals surface area (Å²) in [5.41, 5.74) is 2.52. The summed E-state index contributed by atoms with van der Waals surface area (Å²) in [6.45, 7) is 0. The first-order chi connectivity index (χ1) is 10.2. The van der Waals surface area contributed by atoms with Gasteiger partial charge in [0.25, 0.3) is 5.69 Å². The lowest BCUT2D eigenvalue weighted by atomic mass is 10.1. The highest BCUT2D eigenvalue weighted by molar-refractivity contribution is 6.10. The molecule has 2 aromatic rings. The van der Waals surface area contributed by atoms with E-state index in [2.05, 4.69) is 5.16 Å². The average Bonchev–Trinajstić information content (AvgIpc) is 2.52. The Bertz CT molecular complexity index is 662. The molecular weight excluding hydrogens is 268 g/mol. The van der Waals surface area contributed by atoms with Crippen molar-refractivity contribution in [1.82, 2.24) is 0 Å². The van der Waals surface area contributed by atoms with Crippen LogP contribution < -0.4 is 0 Å². The standard InChI is InChI=1S/C16H14N2O3/c1-21-17-16(14-5-3-2-4-6-14)12-9-13-7-10-15(11-8-13)18(19)20/h2-12H,1H3/b12-9+,17-16+. The Morgan fingerprint density at radius 2 is 1.81 bits per heavy atom. The van der Waals surface area contributed by atoms with E-state index >= 15 is 0 Å². The summed E-state index contributed by atoms with van der Waals surface area (Å²) in [6, 6.07) is 15.9. The van der Waals surface area contributed by atoms with Crippen LogP contribution in [-0.2, 0) is 4.84 Å². The summed E-state index contributed by atoms with van der Waals surface area (Å²) in [5.74, 6) is 0. The summed E-state index contributed by atoms with van der Waals surface area (Å²) < 4.78 is 0. The molecule has 0 saturated heterocycles. The van der Waals surface area contributed by atoms with Crippen molar-refractivity contribution in [2.45, 2.75) is 0 Å². The molecule has 0 aliphatic carbocycles. The van der Waals surface area contributed by atoms with E-state index in [4.69, 9.17) is 4.84 Å². The lowest BCUT2D eigenvalue weighted by Crippen LogP contribution is -1.97. The van der Waals surface area contributed by atoms with Gasteiger partial charge in [0.2, 0.25) is 0 Å². The van der Waals surface area contributed by atoms with Gasteiger partial charge in [-0.2, -0.15) is 0 Å². The molecule has 0 radical (unpaired) electrons. The molecule has 0 aromatic heterocycles. The smallest absolute Gasteiger partial charge is 0.269 e. The van der Waals surface area contributed by atoms with Gasteiger partial charge >= 0.3 is 0 Å². The second kappa shape index (κ2) is 7.00. The Hall–Kier alpha value is -2.95. The monoisotopic (exact) mass is 282 g/mol. The topological polar surface area (TPSA) is 64.7 Å². The number of nitro benzene ring substituents is 1. The zero-order chi connectivity index (χ0) is 15.1. The van der Waals surface area contributed by atoms with Crippen LogP contribution in [0.15, 0.2) is 65.8 Å². The third kappa shape index (κ3) is 4.01. The molecule has 0 aliphatic rings. The Kier molecular flexibility index (Phi) is 4.82. The molecule has 0 saturated carbocycles. The predicted molar refractivity (Wildman–Crippen MR) is 82.1 cm³/mol. The molecule has 0 bridgehead atoms. The summed E-state index contributed by atoms with van der Waals surface area (Å²) in [7, 11) is 1.49. The van der Waals surface area contributed by atoms with Crippen molar-refractivity contribution in [3.05, 3.63) is 81.9 Å². The number of benzene rings is 2. The van der Waals surface area contributed by atoms with Gasteiger partial charge in [-0.25, -0.2) is 0 Å². The summed E-state index contributed by atoms with van der Waals surface area (Å²) in [4.78, 5) is 15.0. The van der Waals surface area contributed by atoms with Gasteiger partial charge in [-0.05, 0) is 23.8 Å². The third-order valence-corrected chi connectivity index (χ3v) is 2.80. The van der Waals surface area contributed by atoms with Gasteiger partial charge in [0.1, 0.15) is 12.8 Å². The Labute approximate surface area is 122 Å². The van der Waals surface area contributed by atoms with Crippen molar-refractivity contribution in [3.63, 3.8) is 0 Å². The van der Waals surface area contributed by atoms with Crippen LogP contribution in [0.3, 0.4) is 0 Å². The lowest BCUT2D eigenvalue weighted by molar-refractivity contribution is -0.384. The third-order valence-electron chi connectivity index (χ3n) is 2.80. The quantitative estimate of drug-likeness (QED) is 0.477. The zero-order valence-electron chi connectivity index (χ0n) is 11.5. The van der Waals surface area contributed by atoms with Gasteiger partial charge in [0.05, 0.1) is 4.92 Å². The second-order valence-corrected chi connectivity index (χ2v) is 4.21. The van der Waals surface area contributed by atoms with Gasteiger partial charge in [0.15, 0.2) is 0 Å². The molecule has 21 heavy (non-hydrogen) atoms. The van der Waals surface area contributed by atoms with E-state index in [0.717, 1.165) is 11.1 Å². The molecule has 0 N–H and O–H groups in total. The molecule has 106 valence electrons. The highest BCUT2D eigenvalue weighted by atomic mass is 16.6. The summed E-state index contributed by atoms with van der Waals surface area (Å²) in [5, 5.41) is 14.6. The Morgan fingerprint density at radius 1 is 1.14 bits per heavy atom. The van der Waals surface area contributed by atoms with Crippen LogP contribution in [0.2, 0.25) is 0 Å². The molecular formula is C16H14N2O3. The van der Waals surface area contributed by atoms with Crippen LogP contribution in [0, 0.1) is 10.1 Å². The van der Waals surface area contributed by atoms with Crippen LogP contribution in [0.4, 0.5) is 5.69 Å². The van der Waals surface area contributed by atoms with Gasteiger partial charge in [-0.15, -0.1) is 0 Å². The number of rotatable bonds is 5. The molecule has 2 rings (SSSR count). The van der Waals surface area contributed by atoms with Gasteiger partial charge in [-0.3, -0.25) is 10.1 Å². The maximum atomic E-state index is 10.6. The first-order valence-corrected chi connectivity index (χ1v) is 6.30.